The van der Waals surface area contributed by atoms with Crippen LogP contribution in [-0.2, 0) is 6.42 Å². The largest absolute Gasteiger partial charge is 0.344 e. The number of anilines is 1. The monoisotopic (exact) mass is 248 g/mol. The predicted molar refractivity (Wildman–Crippen MR) is 74.9 cm³/mol. The van der Waals surface area contributed by atoms with Gasteiger partial charge in [-0.1, -0.05) is 6.92 Å². The van der Waals surface area contributed by atoms with Gasteiger partial charge in [-0.2, -0.15) is 0 Å². The lowest BCUT2D eigenvalue weighted by Crippen LogP contribution is -2.32. The second kappa shape index (κ2) is 6.69. The third kappa shape index (κ3) is 3.67. The van der Waals surface area contributed by atoms with E-state index >= 15 is 0 Å². The fraction of sp³-hybridized carbons (Fsp3) is 0.714. The molecule has 0 radical (unpaired) electrons. The van der Waals surface area contributed by atoms with Crippen LogP contribution in [0.2, 0.25) is 0 Å². The number of aryl methyl sites for hydroxylation is 1. The first kappa shape index (κ1) is 13.3. The molecule has 1 fully saturated rings. The van der Waals surface area contributed by atoms with Gasteiger partial charge in [-0.15, -0.1) is 0 Å². The molecule has 100 valence electrons. The molecule has 0 bridgehead atoms. The minimum Gasteiger partial charge on any atom is -0.344 e. The average molecular weight is 248 g/mol. The van der Waals surface area contributed by atoms with Crippen LogP contribution in [0.4, 0.5) is 5.95 Å². The quantitative estimate of drug-likeness (QED) is 0.863. The van der Waals surface area contributed by atoms with Crippen LogP contribution in [0.25, 0.3) is 0 Å². The van der Waals surface area contributed by atoms with E-state index in [0.717, 1.165) is 24.8 Å². The molecule has 1 aromatic rings. The van der Waals surface area contributed by atoms with Gasteiger partial charge in [0.05, 0.1) is 0 Å². The SMILES string of the molecule is CCc1cnc(N(C)CCC2CCCNC2)nc1. The average Bonchev–Trinajstić information content (AvgIpc) is 2.46. The number of hydrogen-bond donors (Lipinski definition) is 1. The maximum atomic E-state index is 4.41. The molecule has 0 aromatic carbocycles. The summed E-state index contributed by atoms with van der Waals surface area (Å²) in [5.41, 5.74) is 1.20. The highest BCUT2D eigenvalue weighted by molar-refractivity contribution is 5.28. The predicted octanol–water partition coefficient (Wildman–Crippen LogP) is 1.86. The fourth-order valence-electron chi connectivity index (χ4n) is 2.37. The topological polar surface area (TPSA) is 41.1 Å². The molecule has 1 N–H and O–H groups in total. The zero-order chi connectivity index (χ0) is 12.8. The molecule has 2 heterocycles. The second-order valence-electron chi connectivity index (χ2n) is 5.17. The van der Waals surface area contributed by atoms with E-state index < -0.39 is 0 Å². The molecule has 2 rings (SSSR count). The normalized spacial score (nSPS) is 19.8. The molecule has 0 amide bonds. The highest BCUT2D eigenvalue weighted by Gasteiger charge is 2.14. The van der Waals surface area contributed by atoms with Crippen LogP contribution < -0.4 is 10.2 Å². The summed E-state index contributed by atoms with van der Waals surface area (Å²) in [5.74, 6) is 1.66. The van der Waals surface area contributed by atoms with Crippen LogP contribution in [0.15, 0.2) is 12.4 Å². The summed E-state index contributed by atoms with van der Waals surface area (Å²) in [6.45, 7) is 5.52. The summed E-state index contributed by atoms with van der Waals surface area (Å²) in [5, 5.41) is 3.46. The Kier molecular flexibility index (Phi) is 4.93. The first-order valence-corrected chi connectivity index (χ1v) is 7.02. The highest BCUT2D eigenvalue weighted by Crippen LogP contribution is 2.15. The van der Waals surface area contributed by atoms with Crippen molar-refractivity contribution in [1.29, 1.82) is 0 Å². The van der Waals surface area contributed by atoms with Gasteiger partial charge in [0, 0.05) is 26.0 Å². The molecule has 0 spiro atoms. The van der Waals surface area contributed by atoms with Gasteiger partial charge in [0.2, 0.25) is 5.95 Å². The number of hydrogen-bond acceptors (Lipinski definition) is 4. The second-order valence-corrected chi connectivity index (χ2v) is 5.17. The smallest absolute Gasteiger partial charge is 0.224 e. The zero-order valence-corrected chi connectivity index (χ0v) is 11.5. The van der Waals surface area contributed by atoms with Crippen LogP contribution in [0.5, 0.6) is 0 Å². The summed E-state index contributed by atoms with van der Waals surface area (Å²) >= 11 is 0. The maximum Gasteiger partial charge on any atom is 0.224 e. The Hall–Kier alpha value is -1.16. The summed E-state index contributed by atoms with van der Waals surface area (Å²) in [4.78, 5) is 11.0. The number of nitrogens with zero attached hydrogens (tertiary/aromatic N) is 3. The van der Waals surface area contributed by atoms with Gasteiger partial charge >= 0.3 is 0 Å². The molecule has 0 saturated carbocycles. The Morgan fingerprint density at radius 2 is 2.17 bits per heavy atom. The van der Waals surface area contributed by atoms with Crippen LogP contribution in [-0.4, -0.2) is 36.6 Å². The Balaban J connectivity index is 1.80. The standard InChI is InChI=1S/C14H24N4/c1-3-12-10-16-14(17-11-12)18(2)8-6-13-5-4-7-15-9-13/h10-11,13,15H,3-9H2,1-2H3. The molecule has 1 aliphatic heterocycles. The molecule has 4 nitrogen and oxygen atoms in total. The van der Waals surface area contributed by atoms with Crippen molar-refractivity contribution in [3.8, 4) is 0 Å². The Labute approximate surface area is 110 Å². The van der Waals surface area contributed by atoms with Gasteiger partial charge in [0.15, 0.2) is 0 Å². The molecule has 18 heavy (non-hydrogen) atoms. The third-order valence-corrected chi connectivity index (χ3v) is 3.71. The molecule has 1 aromatic heterocycles. The van der Waals surface area contributed by atoms with Gasteiger partial charge in [-0.3, -0.25) is 0 Å². The van der Waals surface area contributed by atoms with E-state index in [9.17, 15) is 0 Å². The van der Waals surface area contributed by atoms with E-state index in [-0.39, 0.29) is 0 Å². The Bertz CT molecular complexity index is 343. The third-order valence-electron chi connectivity index (χ3n) is 3.71. The fourth-order valence-corrected chi connectivity index (χ4v) is 2.37. The minimum atomic E-state index is 0.816. The van der Waals surface area contributed by atoms with Crippen molar-refractivity contribution in [2.45, 2.75) is 32.6 Å². The van der Waals surface area contributed by atoms with E-state index in [1.807, 2.05) is 12.4 Å². The molecule has 1 saturated heterocycles. The Morgan fingerprint density at radius 1 is 1.39 bits per heavy atom. The number of aromatic nitrogens is 2. The molecular formula is C14H24N4. The van der Waals surface area contributed by atoms with Gasteiger partial charge in [-0.05, 0) is 50.3 Å². The van der Waals surface area contributed by atoms with Gasteiger partial charge < -0.3 is 10.2 Å². The van der Waals surface area contributed by atoms with Crippen molar-refractivity contribution in [2.24, 2.45) is 5.92 Å². The van der Waals surface area contributed by atoms with Crippen molar-refractivity contribution in [3.05, 3.63) is 18.0 Å². The van der Waals surface area contributed by atoms with Gasteiger partial charge in [-0.25, -0.2) is 9.97 Å². The molecule has 0 aliphatic carbocycles. The van der Waals surface area contributed by atoms with Crippen molar-refractivity contribution in [3.63, 3.8) is 0 Å². The van der Waals surface area contributed by atoms with Crippen molar-refractivity contribution in [1.82, 2.24) is 15.3 Å². The van der Waals surface area contributed by atoms with E-state index in [1.54, 1.807) is 0 Å². The Morgan fingerprint density at radius 3 is 2.78 bits per heavy atom. The minimum absolute atomic E-state index is 0.816. The lowest BCUT2D eigenvalue weighted by atomic mass is 9.96. The van der Waals surface area contributed by atoms with Crippen LogP contribution in [0, 0.1) is 5.92 Å². The van der Waals surface area contributed by atoms with Gasteiger partial charge in [0.25, 0.3) is 0 Å². The van der Waals surface area contributed by atoms with Crippen molar-refractivity contribution < 1.29 is 0 Å². The zero-order valence-electron chi connectivity index (χ0n) is 11.5. The van der Waals surface area contributed by atoms with Crippen LogP contribution in [0.1, 0.15) is 31.7 Å². The van der Waals surface area contributed by atoms with Crippen LogP contribution >= 0.6 is 0 Å². The molecule has 1 aliphatic rings. The highest BCUT2D eigenvalue weighted by atomic mass is 15.2. The maximum absolute atomic E-state index is 4.41. The number of rotatable bonds is 5. The van der Waals surface area contributed by atoms with E-state index in [2.05, 4.69) is 34.2 Å². The summed E-state index contributed by atoms with van der Waals surface area (Å²) in [6, 6.07) is 0. The number of piperidine rings is 1. The summed E-state index contributed by atoms with van der Waals surface area (Å²) < 4.78 is 0. The molecule has 1 atom stereocenters. The van der Waals surface area contributed by atoms with Crippen molar-refractivity contribution in [2.75, 3.05) is 31.6 Å². The first-order valence-electron chi connectivity index (χ1n) is 7.02. The summed E-state index contributed by atoms with van der Waals surface area (Å²) in [6.07, 6.45) is 8.76. The van der Waals surface area contributed by atoms with E-state index in [0.29, 0.717) is 0 Å². The molecule has 1 unspecified atom stereocenters. The molecule has 4 heteroatoms. The molecular weight excluding hydrogens is 224 g/mol. The lowest BCUT2D eigenvalue weighted by Gasteiger charge is -2.25. The summed E-state index contributed by atoms with van der Waals surface area (Å²) in [7, 11) is 2.08. The van der Waals surface area contributed by atoms with E-state index in [4.69, 9.17) is 0 Å². The van der Waals surface area contributed by atoms with Gasteiger partial charge in [0.1, 0.15) is 0 Å². The van der Waals surface area contributed by atoms with Crippen molar-refractivity contribution >= 4 is 5.95 Å². The lowest BCUT2D eigenvalue weighted by molar-refractivity contribution is 0.360. The first-order chi connectivity index (χ1) is 8.79. The van der Waals surface area contributed by atoms with E-state index in [1.165, 1.54) is 37.9 Å². The number of nitrogens with one attached hydrogen (secondary N) is 1. The van der Waals surface area contributed by atoms with Crippen LogP contribution in [0.3, 0.4) is 0 Å².